The maximum absolute atomic E-state index is 14.3. The van der Waals surface area contributed by atoms with Crippen LogP contribution in [0.15, 0.2) is 45.3 Å². The summed E-state index contributed by atoms with van der Waals surface area (Å²) in [5.41, 5.74) is 1.55. The van der Waals surface area contributed by atoms with Crippen molar-refractivity contribution in [3.8, 4) is 5.75 Å². The molecule has 0 aromatic heterocycles. The maximum Gasteiger partial charge on any atom is 0.142 e. The van der Waals surface area contributed by atoms with Gasteiger partial charge in [0.1, 0.15) is 11.6 Å². The van der Waals surface area contributed by atoms with Gasteiger partial charge in [0.15, 0.2) is 0 Å². The van der Waals surface area contributed by atoms with Crippen LogP contribution in [0, 0.1) is 5.82 Å². The Labute approximate surface area is 141 Å². The largest absolute Gasteiger partial charge is 0.494 e. The first kappa shape index (κ1) is 16.5. The normalized spacial score (nSPS) is 12.2. The number of rotatable bonds is 5. The van der Waals surface area contributed by atoms with Crippen LogP contribution >= 0.6 is 31.9 Å². The highest BCUT2D eigenvalue weighted by Gasteiger charge is 2.20. The first-order valence-electron chi connectivity index (χ1n) is 6.61. The molecule has 0 fully saturated rings. The molecular formula is C16H16Br2FNO. The predicted molar refractivity (Wildman–Crippen MR) is 90.3 cm³/mol. The third-order valence-electron chi connectivity index (χ3n) is 3.18. The van der Waals surface area contributed by atoms with Crippen molar-refractivity contribution in [1.29, 1.82) is 0 Å². The van der Waals surface area contributed by atoms with Crippen molar-refractivity contribution in [2.24, 2.45) is 0 Å². The topological polar surface area (TPSA) is 21.3 Å². The first-order valence-corrected chi connectivity index (χ1v) is 8.20. The maximum atomic E-state index is 14.3. The lowest BCUT2D eigenvalue weighted by Gasteiger charge is -2.20. The van der Waals surface area contributed by atoms with Crippen molar-refractivity contribution in [2.45, 2.75) is 13.0 Å². The Morgan fingerprint density at radius 3 is 2.52 bits per heavy atom. The van der Waals surface area contributed by atoms with Crippen LogP contribution in [0.25, 0.3) is 0 Å². The smallest absolute Gasteiger partial charge is 0.142 e. The molecule has 0 saturated heterocycles. The average molecular weight is 417 g/mol. The van der Waals surface area contributed by atoms with Gasteiger partial charge >= 0.3 is 0 Å². The van der Waals surface area contributed by atoms with Crippen molar-refractivity contribution < 1.29 is 9.13 Å². The minimum absolute atomic E-state index is 0.243. The molecule has 0 amide bonds. The van der Waals surface area contributed by atoms with Crippen LogP contribution in [-0.4, -0.2) is 13.7 Å². The number of nitrogens with one attached hydrogen (secondary N) is 1. The van der Waals surface area contributed by atoms with Crippen LogP contribution in [0.2, 0.25) is 0 Å². The number of hydrogen-bond donors (Lipinski definition) is 1. The summed E-state index contributed by atoms with van der Waals surface area (Å²) in [6, 6.07) is 10.8. The van der Waals surface area contributed by atoms with E-state index in [0.29, 0.717) is 16.6 Å². The zero-order valence-electron chi connectivity index (χ0n) is 11.8. The molecule has 0 spiro atoms. The van der Waals surface area contributed by atoms with Gasteiger partial charge in [0.25, 0.3) is 0 Å². The minimum atomic E-state index is -0.252. The van der Waals surface area contributed by atoms with Crippen molar-refractivity contribution in [1.82, 2.24) is 5.32 Å². The van der Waals surface area contributed by atoms with E-state index in [1.54, 1.807) is 12.1 Å². The average Bonchev–Trinajstić information content (AvgIpc) is 2.46. The SMILES string of the molecule is CCOc1ccc(C(NC)c2cccc(Br)c2F)c(Br)c1. The first-order chi connectivity index (χ1) is 10.1. The molecule has 112 valence electrons. The summed E-state index contributed by atoms with van der Waals surface area (Å²) in [5, 5.41) is 3.16. The molecule has 1 atom stereocenters. The fourth-order valence-corrected chi connectivity index (χ4v) is 3.19. The van der Waals surface area contributed by atoms with E-state index in [4.69, 9.17) is 4.74 Å². The predicted octanol–water partition coefficient (Wildman–Crippen LogP) is 5.06. The van der Waals surface area contributed by atoms with Gasteiger partial charge in [0.2, 0.25) is 0 Å². The summed E-state index contributed by atoms with van der Waals surface area (Å²) < 4.78 is 21.1. The van der Waals surface area contributed by atoms with Crippen molar-refractivity contribution in [3.63, 3.8) is 0 Å². The lowest BCUT2D eigenvalue weighted by atomic mass is 9.98. The fraction of sp³-hybridized carbons (Fsp3) is 0.250. The Morgan fingerprint density at radius 2 is 1.90 bits per heavy atom. The van der Waals surface area contributed by atoms with Gasteiger partial charge in [-0.2, -0.15) is 0 Å². The van der Waals surface area contributed by atoms with E-state index in [9.17, 15) is 4.39 Å². The summed E-state index contributed by atoms with van der Waals surface area (Å²) >= 11 is 6.78. The van der Waals surface area contributed by atoms with Crippen molar-refractivity contribution >= 4 is 31.9 Å². The van der Waals surface area contributed by atoms with E-state index in [-0.39, 0.29) is 11.9 Å². The molecule has 2 aromatic carbocycles. The van der Waals surface area contributed by atoms with E-state index in [1.807, 2.05) is 38.2 Å². The van der Waals surface area contributed by atoms with Crippen molar-refractivity contribution in [2.75, 3.05) is 13.7 Å². The monoisotopic (exact) mass is 415 g/mol. The van der Waals surface area contributed by atoms with E-state index >= 15 is 0 Å². The summed E-state index contributed by atoms with van der Waals surface area (Å²) in [5.74, 6) is 0.537. The van der Waals surface area contributed by atoms with Gasteiger partial charge in [0.05, 0.1) is 17.1 Å². The quantitative estimate of drug-likeness (QED) is 0.735. The van der Waals surface area contributed by atoms with Crippen LogP contribution in [0.1, 0.15) is 24.1 Å². The zero-order valence-corrected chi connectivity index (χ0v) is 15.0. The third kappa shape index (κ3) is 3.65. The highest BCUT2D eigenvalue weighted by molar-refractivity contribution is 9.10. The van der Waals surface area contributed by atoms with Gasteiger partial charge in [-0.15, -0.1) is 0 Å². The summed E-state index contributed by atoms with van der Waals surface area (Å²) in [4.78, 5) is 0. The lowest BCUT2D eigenvalue weighted by Crippen LogP contribution is -2.19. The number of ether oxygens (including phenoxy) is 1. The third-order valence-corrected chi connectivity index (χ3v) is 4.47. The van der Waals surface area contributed by atoms with Crippen LogP contribution < -0.4 is 10.1 Å². The molecular weight excluding hydrogens is 401 g/mol. The summed E-state index contributed by atoms with van der Waals surface area (Å²) in [6.07, 6.45) is 0. The fourth-order valence-electron chi connectivity index (χ4n) is 2.22. The van der Waals surface area contributed by atoms with Gasteiger partial charge in [-0.3, -0.25) is 0 Å². The van der Waals surface area contributed by atoms with Gasteiger partial charge in [-0.1, -0.05) is 34.1 Å². The van der Waals surface area contributed by atoms with Gasteiger partial charge in [-0.05, 0) is 53.7 Å². The molecule has 0 saturated carbocycles. The molecule has 2 nitrogen and oxygen atoms in total. The van der Waals surface area contributed by atoms with Crippen LogP contribution in [-0.2, 0) is 0 Å². The van der Waals surface area contributed by atoms with Crippen LogP contribution in [0.3, 0.4) is 0 Å². The summed E-state index contributed by atoms with van der Waals surface area (Å²) in [7, 11) is 1.81. The molecule has 1 unspecified atom stereocenters. The molecule has 5 heteroatoms. The molecule has 0 heterocycles. The molecule has 0 aliphatic carbocycles. The number of benzene rings is 2. The highest BCUT2D eigenvalue weighted by Crippen LogP contribution is 2.34. The molecule has 0 radical (unpaired) electrons. The number of hydrogen-bond acceptors (Lipinski definition) is 2. The number of halogens is 3. The van der Waals surface area contributed by atoms with Crippen LogP contribution in [0.4, 0.5) is 4.39 Å². The van der Waals surface area contributed by atoms with Crippen LogP contribution in [0.5, 0.6) is 5.75 Å². The Bertz CT molecular complexity index is 634. The van der Waals surface area contributed by atoms with E-state index in [0.717, 1.165) is 15.8 Å². The Morgan fingerprint density at radius 1 is 1.14 bits per heavy atom. The standard InChI is InChI=1S/C16H16Br2FNO/c1-3-21-10-7-8-11(14(18)9-10)16(20-2)12-5-4-6-13(17)15(12)19/h4-9,16,20H,3H2,1-2H3. The second kappa shape index (κ2) is 7.38. The second-order valence-corrected chi connectivity index (χ2v) is 6.19. The molecule has 0 bridgehead atoms. The zero-order chi connectivity index (χ0) is 15.4. The second-order valence-electron chi connectivity index (χ2n) is 4.48. The van der Waals surface area contributed by atoms with Gasteiger partial charge in [0, 0.05) is 10.0 Å². The van der Waals surface area contributed by atoms with Gasteiger partial charge < -0.3 is 10.1 Å². The molecule has 1 N–H and O–H groups in total. The van der Waals surface area contributed by atoms with Crippen molar-refractivity contribution in [3.05, 3.63) is 62.3 Å². The van der Waals surface area contributed by atoms with E-state index in [2.05, 4.69) is 37.2 Å². The molecule has 2 aromatic rings. The minimum Gasteiger partial charge on any atom is -0.494 e. The molecule has 0 aliphatic heterocycles. The molecule has 21 heavy (non-hydrogen) atoms. The summed E-state index contributed by atoms with van der Waals surface area (Å²) in [6.45, 7) is 2.55. The molecule has 2 rings (SSSR count). The van der Waals surface area contributed by atoms with Gasteiger partial charge in [-0.25, -0.2) is 4.39 Å². The lowest BCUT2D eigenvalue weighted by molar-refractivity contribution is 0.340. The van der Waals surface area contributed by atoms with E-state index in [1.165, 1.54) is 0 Å². The van der Waals surface area contributed by atoms with E-state index < -0.39 is 0 Å². The highest BCUT2D eigenvalue weighted by atomic mass is 79.9. The Balaban J connectivity index is 2.44. The Hall–Kier alpha value is -0.910. The molecule has 0 aliphatic rings. The Kier molecular flexibility index (Phi) is 5.79.